The third-order valence-electron chi connectivity index (χ3n) is 4.86. The van der Waals surface area contributed by atoms with E-state index in [9.17, 15) is 14.7 Å². The molecule has 0 spiro atoms. The van der Waals surface area contributed by atoms with E-state index in [1.54, 1.807) is 7.11 Å². The van der Waals surface area contributed by atoms with E-state index in [4.69, 9.17) is 9.47 Å². The van der Waals surface area contributed by atoms with Crippen molar-refractivity contribution in [2.24, 2.45) is 5.92 Å². The SMILES string of the molecule is COc1cc(CN2C[C@H](C(=O)[O-])CC2=O)ccc1OCCCc1ccccc1. The van der Waals surface area contributed by atoms with E-state index in [-0.39, 0.29) is 18.9 Å². The molecule has 0 aromatic heterocycles. The molecular weight excluding hydrogens is 358 g/mol. The summed E-state index contributed by atoms with van der Waals surface area (Å²) in [5.41, 5.74) is 2.14. The van der Waals surface area contributed by atoms with Crippen LogP contribution in [0.4, 0.5) is 0 Å². The predicted octanol–water partition coefficient (Wildman–Crippen LogP) is 1.81. The number of benzene rings is 2. The molecule has 1 amide bonds. The van der Waals surface area contributed by atoms with Crippen molar-refractivity contribution in [1.82, 2.24) is 4.90 Å². The maximum Gasteiger partial charge on any atom is 0.223 e. The van der Waals surface area contributed by atoms with Gasteiger partial charge in [-0.15, -0.1) is 0 Å². The number of hydrogen-bond donors (Lipinski definition) is 0. The van der Waals surface area contributed by atoms with Crippen molar-refractivity contribution in [3.8, 4) is 11.5 Å². The maximum atomic E-state index is 12.0. The summed E-state index contributed by atoms with van der Waals surface area (Å²) in [4.78, 5) is 24.5. The van der Waals surface area contributed by atoms with Crippen LogP contribution in [-0.2, 0) is 22.6 Å². The molecule has 1 saturated heterocycles. The summed E-state index contributed by atoms with van der Waals surface area (Å²) in [6.45, 7) is 1.09. The summed E-state index contributed by atoms with van der Waals surface area (Å²) in [6, 6.07) is 15.8. The molecule has 1 aliphatic rings. The highest BCUT2D eigenvalue weighted by atomic mass is 16.5. The summed E-state index contributed by atoms with van der Waals surface area (Å²) in [5.74, 6) is -0.830. The van der Waals surface area contributed by atoms with Gasteiger partial charge >= 0.3 is 0 Å². The van der Waals surface area contributed by atoms with Gasteiger partial charge in [0.2, 0.25) is 5.91 Å². The van der Waals surface area contributed by atoms with Crippen LogP contribution in [-0.4, -0.2) is 37.0 Å². The molecule has 0 radical (unpaired) electrons. The summed E-state index contributed by atoms with van der Waals surface area (Å²) < 4.78 is 11.3. The first-order valence-corrected chi connectivity index (χ1v) is 9.39. The largest absolute Gasteiger partial charge is 0.550 e. The van der Waals surface area contributed by atoms with Crippen molar-refractivity contribution in [2.75, 3.05) is 20.3 Å². The summed E-state index contributed by atoms with van der Waals surface area (Å²) >= 11 is 0. The monoisotopic (exact) mass is 382 g/mol. The van der Waals surface area contributed by atoms with Crippen molar-refractivity contribution in [3.05, 3.63) is 59.7 Å². The van der Waals surface area contributed by atoms with Gasteiger partial charge in [-0.2, -0.15) is 0 Å². The van der Waals surface area contributed by atoms with E-state index in [2.05, 4.69) is 12.1 Å². The molecule has 0 saturated carbocycles. The molecule has 148 valence electrons. The zero-order valence-electron chi connectivity index (χ0n) is 15.9. The van der Waals surface area contributed by atoms with Gasteiger partial charge in [-0.25, -0.2) is 0 Å². The highest BCUT2D eigenvalue weighted by Crippen LogP contribution is 2.30. The van der Waals surface area contributed by atoms with Gasteiger partial charge in [0.25, 0.3) is 0 Å². The topological polar surface area (TPSA) is 78.9 Å². The lowest BCUT2D eigenvalue weighted by atomic mass is 10.1. The normalized spacial score (nSPS) is 16.2. The number of carbonyl (C=O) groups is 2. The first-order chi connectivity index (χ1) is 13.6. The Morgan fingerprint density at radius 2 is 1.93 bits per heavy atom. The molecule has 6 heteroatoms. The van der Waals surface area contributed by atoms with E-state index in [0.29, 0.717) is 24.7 Å². The fraction of sp³-hybridized carbons (Fsp3) is 0.364. The number of carbonyl (C=O) groups excluding carboxylic acids is 2. The summed E-state index contributed by atoms with van der Waals surface area (Å²) in [7, 11) is 1.57. The molecule has 1 aliphatic heterocycles. The molecule has 0 N–H and O–H groups in total. The van der Waals surface area contributed by atoms with Crippen molar-refractivity contribution in [1.29, 1.82) is 0 Å². The average Bonchev–Trinajstić information content (AvgIpc) is 3.07. The fourth-order valence-corrected chi connectivity index (χ4v) is 3.34. The first-order valence-electron chi connectivity index (χ1n) is 9.39. The lowest BCUT2D eigenvalue weighted by molar-refractivity contribution is -0.311. The molecule has 28 heavy (non-hydrogen) atoms. The Kier molecular flexibility index (Phi) is 6.53. The third-order valence-corrected chi connectivity index (χ3v) is 4.86. The second-order valence-corrected chi connectivity index (χ2v) is 6.92. The van der Waals surface area contributed by atoms with Gasteiger partial charge in [0.1, 0.15) is 0 Å². The first kappa shape index (κ1) is 19.7. The number of ether oxygens (including phenoxy) is 2. The number of carboxylic acids is 1. The molecule has 1 fully saturated rings. The van der Waals surface area contributed by atoms with Crippen LogP contribution in [0.25, 0.3) is 0 Å². The molecule has 0 bridgehead atoms. The highest BCUT2D eigenvalue weighted by molar-refractivity contribution is 5.85. The number of methoxy groups -OCH3 is 1. The van der Waals surface area contributed by atoms with Crippen LogP contribution in [0.2, 0.25) is 0 Å². The van der Waals surface area contributed by atoms with Gasteiger partial charge in [0, 0.05) is 31.4 Å². The molecule has 1 heterocycles. The van der Waals surface area contributed by atoms with E-state index in [1.165, 1.54) is 10.5 Å². The number of likely N-dealkylation sites (tertiary alicyclic amines) is 1. The van der Waals surface area contributed by atoms with Crippen LogP contribution < -0.4 is 14.6 Å². The Morgan fingerprint density at radius 3 is 2.61 bits per heavy atom. The van der Waals surface area contributed by atoms with Gasteiger partial charge < -0.3 is 24.3 Å². The quantitative estimate of drug-likeness (QED) is 0.618. The minimum absolute atomic E-state index is 0.00206. The molecule has 0 aliphatic carbocycles. The van der Waals surface area contributed by atoms with Crippen molar-refractivity contribution >= 4 is 11.9 Å². The van der Waals surface area contributed by atoms with Crippen LogP contribution in [0.5, 0.6) is 11.5 Å². The molecule has 1 atom stereocenters. The van der Waals surface area contributed by atoms with Gasteiger partial charge in [-0.05, 0) is 36.1 Å². The molecule has 3 rings (SSSR count). The number of aryl methyl sites for hydroxylation is 1. The van der Waals surface area contributed by atoms with E-state index in [0.717, 1.165) is 18.4 Å². The third kappa shape index (κ3) is 5.03. The standard InChI is InChI=1S/C22H25NO5/c1-27-20-12-17(14-23-15-18(22(25)26)13-21(23)24)9-10-19(20)28-11-5-8-16-6-3-2-4-7-16/h2-4,6-7,9-10,12,18H,5,8,11,13-15H2,1H3,(H,25,26)/p-1/t18-/m1/s1. The number of nitrogens with zero attached hydrogens (tertiary/aromatic N) is 1. The average molecular weight is 382 g/mol. The van der Waals surface area contributed by atoms with Crippen LogP contribution in [0.3, 0.4) is 0 Å². The second-order valence-electron chi connectivity index (χ2n) is 6.92. The fourth-order valence-electron chi connectivity index (χ4n) is 3.34. The number of amides is 1. The van der Waals surface area contributed by atoms with Gasteiger partial charge in [-0.3, -0.25) is 4.79 Å². The Morgan fingerprint density at radius 1 is 1.14 bits per heavy atom. The van der Waals surface area contributed by atoms with Crippen LogP contribution in [0.15, 0.2) is 48.5 Å². The van der Waals surface area contributed by atoms with Crippen LogP contribution in [0.1, 0.15) is 24.0 Å². The summed E-state index contributed by atoms with van der Waals surface area (Å²) in [6.07, 6.45) is 1.84. The zero-order chi connectivity index (χ0) is 19.9. The summed E-state index contributed by atoms with van der Waals surface area (Å²) in [5, 5.41) is 11.0. The van der Waals surface area contributed by atoms with Crippen LogP contribution in [0, 0.1) is 5.92 Å². The van der Waals surface area contributed by atoms with Crippen molar-refractivity contribution in [2.45, 2.75) is 25.8 Å². The van der Waals surface area contributed by atoms with Gasteiger partial charge in [0.15, 0.2) is 11.5 Å². The predicted molar refractivity (Wildman–Crippen MR) is 102 cm³/mol. The maximum absolute atomic E-state index is 12.0. The second kappa shape index (κ2) is 9.26. The Hall–Kier alpha value is -3.02. The number of aliphatic carboxylic acids is 1. The minimum Gasteiger partial charge on any atom is -0.550 e. The van der Waals surface area contributed by atoms with Crippen molar-refractivity contribution < 1.29 is 24.2 Å². The molecule has 6 nitrogen and oxygen atoms in total. The number of rotatable bonds is 9. The molecule has 2 aromatic rings. The van der Waals surface area contributed by atoms with E-state index < -0.39 is 11.9 Å². The van der Waals surface area contributed by atoms with Crippen LogP contribution >= 0.6 is 0 Å². The van der Waals surface area contributed by atoms with Crippen molar-refractivity contribution in [3.63, 3.8) is 0 Å². The number of hydrogen-bond acceptors (Lipinski definition) is 5. The lowest BCUT2D eigenvalue weighted by Crippen LogP contribution is -2.33. The lowest BCUT2D eigenvalue weighted by Gasteiger charge is -2.18. The smallest absolute Gasteiger partial charge is 0.223 e. The Labute approximate surface area is 164 Å². The minimum atomic E-state index is -1.17. The zero-order valence-corrected chi connectivity index (χ0v) is 15.9. The Balaban J connectivity index is 1.55. The van der Waals surface area contributed by atoms with Gasteiger partial charge in [0.05, 0.1) is 13.7 Å². The molecular formula is C22H24NO5-. The molecule has 0 unspecified atom stereocenters. The number of carboxylic acid groups (broad SMARTS) is 1. The van der Waals surface area contributed by atoms with E-state index >= 15 is 0 Å². The van der Waals surface area contributed by atoms with Gasteiger partial charge in [-0.1, -0.05) is 36.4 Å². The highest BCUT2D eigenvalue weighted by Gasteiger charge is 2.30. The van der Waals surface area contributed by atoms with E-state index in [1.807, 2.05) is 36.4 Å². The Bertz CT molecular complexity index is 821. The molecule has 2 aromatic carbocycles.